The van der Waals surface area contributed by atoms with Crippen LogP contribution in [0.3, 0.4) is 0 Å². The maximum absolute atomic E-state index is 14.3. The van der Waals surface area contributed by atoms with Crippen LogP contribution in [0.25, 0.3) is 0 Å². The lowest BCUT2D eigenvalue weighted by Gasteiger charge is -2.37. The Morgan fingerprint density at radius 1 is 0.745 bits per heavy atom. The first-order valence-electron chi connectivity index (χ1n) is 15.9. The molecule has 8 heteroatoms. The van der Waals surface area contributed by atoms with Crippen molar-refractivity contribution in [1.82, 2.24) is 15.5 Å². The molecular formula is C39H45N3O5. The second kappa shape index (κ2) is 15.5. The molecule has 0 unspecified atom stereocenters. The SMILES string of the molecule is CC(C)N(CCc1ccc(O)cc1)C(=O)[C@@H](CC(=O)NC(c1ccccc1)(c1ccccc1)c1ccccc1)NC(=O)OC(C)(C)C. The van der Waals surface area contributed by atoms with Crippen LogP contribution in [0.2, 0.25) is 0 Å². The third-order valence-electron chi connectivity index (χ3n) is 7.81. The fourth-order valence-electron chi connectivity index (χ4n) is 5.61. The Morgan fingerprint density at radius 3 is 1.64 bits per heavy atom. The molecule has 0 bridgehead atoms. The molecule has 3 amide bonds. The number of hydrogen-bond donors (Lipinski definition) is 3. The zero-order valence-electron chi connectivity index (χ0n) is 27.8. The van der Waals surface area contributed by atoms with Gasteiger partial charge in [0.1, 0.15) is 22.9 Å². The molecule has 4 aromatic rings. The number of aromatic hydroxyl groups is 1. The number of nitrogens with zero attached hydrogens (tertiary/aromatic N) is 1. The third-order valence-corrected chi connectivity index (χ3v) is 7.81. The van der Waals surface area contributed by atoms with Gasteiger partial charge in [0.2, 0.25) is 11.8 Å². The van der Waals surface area contributed by atoms with Crippen LogP contribution in [-0.4, -0.2) is 52.1 Å². The second-order valence-electron chi connectivity index (χ2n) is 12.8. The summed E-state index contributed by atoms with van der Waals surface area (Å²) in [5, 5.41) is 15.7. The molecule has 4 rings (SSSR count). The number of phenolic OH excluding ortho intramolecular Hbond substituents is 1. The van der Waals surface area contributed by atoms with Gasteiger partial charge in [-0.15, -0.1) is 0 Å². The minimum absolute atomic E-state index is 0.163. The Balaban J connectivity index is 1.70. The quantitative estimate of drug-likeness (QED) is 0.153. The Labute approximate surface area is 277 Å². The monoisotopic (exact) mass is 635 g/mol. The van der Waals surface area contributed by atoms with Crippen molar-refractivity contribution in [2.45, 2.75) is 70.7 Å². The van der Waals surface area contributed by atoms with Crippen molar-refractivity contribution in [1.29, 1.82) is 0 Å². The van der Waals surface area contributed by atoms with Gasteiger partial charge in [-0.3, -0.25) is 9.59 Å². The number of phenols is 1. The Hall–Kier alpha value is -5.11. The topological polar surface area (TPSA) is 108 Å². The Bertz CT molecular complexity index is 1510. The molecule has 0 aliphatic heterocycles. The molecule has 246 valence electrons. The number of ether oxygens (including phenoxy) is 1. The largest absolute Gasteiger partial charge is 0.508 e. The van der Waals surface area contributed by atoms with E-state index >= 15 is 0 Å². The van der Waals surface area contributed by atoms with Gasteiger partial charge in [0.25, 0.3) is 0 Å². The molecule has 0 saturated heterocycles. The fourth-order valence-corrected chi connectivity index (χ4v) is 5.61. The number of nitrogens with one attached hydrogen (secondary N) is 2. The lowest BCUT2D eigenvalue weighted by molar-refractivity contribution is -0.137. The van der Waals surface area contributed by atoms with Gasteiger partial charge in [0, 0.05) is 12.6 Å². The molecule has 0 radical (unpaired) electrons. The van der Waals surface area contributed by atoms with Gasteiger partial charge in [0.15, 0.2) is 0 Å². The van der Waals surface area contributed by atoms with E-state index in [9.17, 15) is 19.5 Å². The van der Waals surface area contributed by atoms with Crippen LogP contribution in [0, 0.1) is 0 Å². The van der Waals surface area contributed by atoms with E-state index < -0.39 is 35.1 Å². The fraction of sp³-hybridized carbons (Fsp3) is 0.308. The highest BCUT2D eigenvalue weighted by molar-refractivity contribution is 5.91. The zero-order chi connectivity index (χ0) is 34.0. The van der Waals surface area contributed by atoms with Crippen molar-refractivity contribution in [3.05, 3.63) is 138 Å². The van der Waals surface area contributed by atoms with Gasteiger partial charge < -0.3 is 25.4 Å². The first kappa shape index (κ1) is 34.8. The number of carbonyl (C=O) groups excluding carboxylic acids is 3. The van der Waals surface area contributed by atoms with E-state index in [-0.39, 0.29) is 18.2 Å². The third kappa shape index (κ3) is 9.22. The minimum Gasteiger partial charge on any atom is -0.508 e. The molecule has 0 aliphatic carbocycles. The molecule has 0 fully saturated rings. The van der Waals surface area contributed by atoms with Crippen LogP contribution < -0.4 is 10.6 Å². The highest BCUT2D eigenvalue weighted by Crippen LogP contribution is 2.37. The van der Waals surface area contributed by atoms with E-state index in [2.05, 4.69) is 10.6 Å². The number of carbonyl (C=O) groups is 3. The molecule has 8 nitrogen and oxygen atoms in total. The van der Waals surface area contributed by atoms with Crippen LogP contribution in [-0.2, 0) is 26.3 Å². The van der Waals surface area contributed by atoms with Gasteiger partial charge in [-0.2, -0.15) is 0 Å². The van der Waals surface area contributed by atoms with E-state index in [4.69, 9.17) is 4.74 Å². The average Bonchev–Trinajstić information content (AvgIpc) is 3.04. The summed E-state index contributed by atoms with van der Waals surface area (Å²) in [4.78, 5) is 43.2. The minimum atomic E-state index is -1.20. The van der Waals surface area contributed by atoms with Crippen molar-refractivity contribution < 1.29 is 24.2 Å². The van der Waals surface area contributed by atoms with Crippen LogP contribution in [0.5, 0.6) is 5.75 Å². The van der Waals surface area contributed by atoms with Crippen LogP contribution in [0.1, 0.15) is 63.3 Å². The molecule has 4 aromatic carbocycles. The average molecular weight is 636 g/mol. The van der Waals surface area contributed by atoms with E-state index in [0.717, 1.165) is 22.3 Å². The maximum Gasteiger partial charge on any atom is 0.408 e. The highest BCUT2D eigenvalue weighted by Gasteiger charge is 2.39. The molecule has 0 aliphatic rings. The van der Waals surface area contributed by atoms with Gasteiger partial charge in [0.05, 0.1) is 6.42 Å². The molecule has 47 heavy (non-hydrogen) atoms. The summed E-state index contributed by atoms with van der Waals surface area (Å²) in [6.07, 6.45) is -0.588. The van der Waals surface area contributed by atoms with E-state index in [1.165, 1.54) is 0 Å². The van der Waals surface area contributed by atoms with E-state index in [1.807, 2.05) is 105 Å². The number of alkyl carbamates (subject to hydrolysis) is 1. The first-order valence-corrected chi connectivity index (χ1v) is 15.9. The smallest absolute Gasteiger partial charge is 0.408 e. The Morgan fingerprint density at radius 2 is 1.21 bits per heavy atom. The van der Waals surface area contributed by atoms with Crippen LogP contribution >= 0.6 is 0 Å². The summed E-state index contributed by atoms with van der Waals surface area (Å²) < 4.78 is 5.51. The number of hydrogen-bond acceptors (Lipinski definition) is 5. The summed E-state index contributed by atoms with van der Waals surface area (Å²) in [5.41, 5.74) is 1.56. The van der Waals surface area contributed by atoms with Gasteiger partial charge in [-0.05, 0) is 75.4 Å². The van der Waals surface area contributed by atoms with Gasteiger partial charge >= 0.3 is 6.09 Å². The first-order chi connectivity index (χ1) is 22.4. The number of rotatable bonds is 12. The van der Waals surface area contributed by atoms with Crippen molar-refractivity contribution >= 4 is 17.9 Å². The van der Waals surface area contributed by atoms with Crippen molar-refractivity contribution in [3.63, 3.8) is 0 Å². The zero-order valence-corrected chi connectivity index (χ0v) is 27.8. The van der Waals surface area contributed by atoms with Crippen molar-refractivity contribution in [3.8, 4) is 5.75 Å². The standard InChI is InChI=1S/C39H45N3O5/c1-28(2)42(26-25-29-21-23-33(43)24-22-29)36(45)34(40-37(46)47-38(3,4)5)27-35(44)41-39(30-15-9-6-10-16-30,31-17-11-7-12-18-31)32-19-13-8-14-20-32/h6-24,28,34,43H,25-27H2,1-5H3,(H,40,46)(H,41,44)/t34-/m1/s1. The summed E-state index contributed by atoms with van der Waals surface area (Å²) in [5.74, 6) is -0.668. The summed E-state index contributed by atoms with van der Waals surface area (Å²) in [6.45, 7) is 9.35. The maximum atomic E-state index is 14.3. The summed E-state index contributed by atoms with van der Waals surface area (Å²) in [6, 6.07) is 34.5. The van der Waals surface area contributed by atoms with E-state index in [1.54, 1.807) is 49.9 Å². The van der Waals surface area contributed by atoms with Gasteiger partial charge in [-0.25, -0.2) is 4.79 Å². The summed E-state index contributed by atoms with van der Waals surface area (Å²) >= 11 is 0. The van der Waals surface area contributed by atoms with Crippen LogP contribution in [0.4, 0.5) is 4.79 Å². The van der Waals surface area contributed by atoms with Gasteiger partial charge in [-0.1, -0.05) is 103 Å². The van der Waals surface area contributed by atoms with Crippen molar-refractivity contribution in [2.75, 3.05) is 6.54 Å². The summed E-state index contributed by atoms with van der Waals surface area (Å²) in [7, 11) is 0. The molecule has 0 spiro atoms. The van der Waals surface area contributed by atoms with E-state index in [0.29, 0.717) is 13.0 Å². The Kier molecular flexibility index (Phi) is 11.4. The number of benzene rings is 4. The molecular weight excluding hydrogens is 590 g/mol. The van der Waals surface area contributed by atoms with Crippen LogP contribution in [0.15, 0.2) is 115 Å². The molecule has 3 N–H and O–H groups in total. The molecule has 0 saturated carbocycles. The van der Waals surface area contributed by atoms with Crippen molar-refractivity contribution in [2.24, 2.45) is 0 Å². The normalized spacial score (nSPS) is 12.2. The number of amides is 3. The lowest BCUT2D eigenvalue weighted by Crippen LogP contribution is -2.55. The predicted molar refractivity (Wildman–Crippen MR) is 184 cm³/mol. The predicted octanol–water partition coefficient (Wildman–Crippen LogP) is 6.56. The highest BCUT2D eigenvalue weighted by atomic mass is 16.6. The molecule has 0 heterocycles. The molecule has 0 aromatic heterocycles. The lowest BCUT2D eigenvalue weighted by atomic mass is 9.77. The second-order valence-corrected chi connectivity index (χ2v) is 12.8. The molecule has 1 atom stereocenters.